The molecule has 12 aliphatic rings. The minimum atomic E-state index is -4.63. The van der Waals surface area contributed by atoms with Crippen LogP contribution in [0.5, 0.6) is 0 Å². The summed E-state index contributed by atoms with van der Waals surface area (Å²) in [6.07, 6.45) is 20.6. The molecule has 28 rings (SSSR count). The number of aliphatic carboxylic acids is 4. The zero-order valence-corrected chi connectivity index (χ0v) is 75.9. The van der Waals surface area contributed by atoms with Crippen molar-refractivity contribution in [3.63, 3.8) is 0 Å². The standard InChI is InChI=1S/C25H23F4N7O2.2C24H21F2N5O2S.C23H21F2N7O2/c1-36-10-13(8-31-36)20-19(26)17(7-15-11-2-4-12(5-3-11)18(15)24(37)38)32-23(33-20)21-16-6-14(25(27,28)29)9-30-22(16)35-34-21;25-14-7-16-21(30-31-22(16)27-9-14)23-28-17(19(26)20(29-23)13-5-6-34-10-13)8-15-11-1-3-12(4-2-11)18(15)24(32)33;25-13-8-15-20(30-31-22(15)27-10-13)23-28-16(19(26)21(29-23)17-2-1-7-34-17)9-14-11-3-5-12(6-4-11)18(14)24(32)33;24-13-5-15-20(31-32-21(15)26-9-13)22-29-16(18(25)19(30-22)12-7-27-28-8-12)6-14-10-1-3-11(4-2-10)17(14)23(33)34/h6,8-12,15,18H,2-5,7H2,1H3,(H,37,38)(H,30,34,35);5-7,9-12,15,18H,1-4,8H2,(H,32,33)(H,27,30,31);1-2,7-8,10-12,14,18H,3-6,9H2,(H,32,33)(H,27,30,31);5,7-11,14,17H,1-4,6H2,(H,27,28)(H,33,34)(H,26,31,32). The van der Waals surface area contributed by atoms with Crippen molar-refractivity contribution in [2.75, 3.05) is 0 Å². The third-order valence-corrected chi connectivity index (χ3v) is 31.7. The van der Waals surface area contributed by atoms with Gasteiger partial charge in [-0.05, 0) is 247 Å². The number of aromatic amines is 5. The molecule has 0 aliphatic heterocycles. The van der Waals surface area contributed by atoms with Crippen LogP contribution in [0.3, 0.4) is 0 Å². The van der Waals surface area contributed by atoms with Crippen LogP contribution in [-0.2, 0) is 58.1 Å². The minimum Gasteiger partial charge on any atom is -0.481 e. The van der Waals surface area contributed by atoms with Crippen LogP contribution in [0.2, 0.25) is 0 Å². The average Bonchev–Trinajstić information content (AvgIpc) is 1.59. The molecule has 0 amide bonds. The fraction of sp³-hybridized carbons (Fsp3) is 0.396. The largest absolute Gasteiger partial charge is 0.481 e. The molecule has 32 nitrogen and oxygen atoms in total. The summed E-state index contributed by atoms with van der Waals surface area (Å²) in [5.41, 5.74) is 3.18. The van der Waals surface area contributed by atoms with E-state index in [0.29, 0.717) is 72.3 Å². The quantitative estimate of drug-likeness (QED) is 0.0320. The lowest BCUT2D eigenvalue weighted by atomic mass is 9.57. The number of nitrogens with zero attached hydrogens (tertiary/aromatic N) is 19. The van der Waals surface area contributed by atoms with E-state index in [0.717, 1.165) is 127 Å². The summed E-state index contributed by atoms with van der Waals surface area (Å²) in [5.74, 6) is -8.70. The number of thiophene rings is 2. The van der Waals surface area contributed by atoms with Gasteiger partial charge in [0.25, 0.3) is 0 Å². The first kappa shape index (κ1) is 92.2. The Morgan fingerprint density at radius 3 is 1.05 bits per heavy atom. The van der Waals surface area contributed by atoms with E-state index >= 15 is 17.6 Å². The molecule has 0 aromatic carbocycles. The molecule has 44 heteroatoms. The Kier molecular flexibility index (Phi) is 24.7. The van der Waals surface area contributed by atoms with Crippen molar-refractivity contribution in [2.45, 2.75) is 135 Å². The van der Waals surface area contributed by atoms with Gasteiger partial charge in [-0.1, -0.05) is 6.07 Å². The maximum Gasteiger partial charge on any atom is 0.417 e. The van der Waals surface area contributed by atoms with Gasteiger partial charge in [0, 0.05) is 47.7 Å². The van der Waals surface area contributed by atoms with Crippen molar-refractivity contribution >= 4 is 90.7 Å². The smallest absolute Gasteiger partial charge is 0.417 e. The van der Waals surface area contributed by atoms with Crippen molar-refractivity contribution in [2.24, 2.45) is 102 Å². The van der Waals surface area contributed by atoms with Crippen molar-refractivity contribution < 1.29 is 83.5 Å². The van der Waals surface area contributed by atoms with Crippen LogP contribution in [-0.4, -0.2) is 165 Å². The molecule has 12 saturated carbocycles. The van der Waals surface area contributed by atoms with Gasteiger partial charge in [-0.25, -0.2) is 90.5 Å². The summed E-state index contributed by atoms with van der Waals surface area (Å²) in [4.78, 5) is 101. The molecular weight excluding hydrogens is 1870 g/mol. The molecular formula is C96H86F10N24O8S2. The number of hydrogen-bond acceptors (Lipinski definition) is 24. The van der Waals surface area contributed by atoms with E-state index in [-0.39, 0.29) is 188 Å². The number of halogens is 10. The van der Waals surface area contributed by atoms with Crippen molar-refractivity contribution in [3.8, 4) is 90.4 Å². The Morgan fingerprint density at radius 2 is 0.736 bits per heavy atom. The van der Waals surface area contributed by atoms with Crippen LogP contribution in [0.4, 0.5) is 43.9 Å². The number of carboxylic acids is 4. The van der Waals surface area contributed by atoms with Crippen LogP contribution in [0, 0.1) is 135 Å². The number of nitrogens with one attached hydrogen (secondary N) is 5. The number of rotatable bonds is 20. The van der Waals surface area contributed by atoms with E-state index in [1.54, 1.807) is 30.8 Å². The summed E-state index contributed by atoms with van der Waals surface area (Å²) in [6, 6.07) is 10.1. The molecule has 16 aromatic rings. The summed E-state index contributed by atoms with van der Waals surface area (Å²) in [6.45, 7) is 0. The first-order valence-electron chi connectivity index (χ1n) is 46.2. The zero-order valence-electron chi connectivity index (χ0n) is 74.3. The fourth-order valence-corrected chi connectivity index (χ4v) is 25.1. The van der Waals surface area contributed by atoms with Gasteiger partial charge in [0.2, 0.25) is 0 Å². The molecule has 16 heterocycles. The van der Waals surface area contributed by atoms with Crippen LogP contribution >= 0.6 is 22.7 Å². The molecule has 720 valence electrons. The molecule has 9 N–H and O–H groups in total. The number of fused-ring (bicyclic) bond motifs is 16. The second-order valence-electron chi connectivity index (χ2n) is 37.7. The van der Waals surface area contributed by atoms with Gasteiger partial charge < -0.3 is 20.4 Å². The lowest BCUT2D eigenvalue weighted by molar-refractivity contribution is -0.153. The average molecular weight is 1960 g/mol. The molecule has 8 bridgehead atoms. The summed E-state index contributed by atoms with van der Waals surface area (Å²) in [7, 11) is 1.66. The predicted molar refractivity (Wildman–Crippen MR) is 486 cm³/mol. The molecule has 0 radical (unpaired) electrons. The highest BCUT2D eigenvalue weighted by Gasteiger charge is 2.52. The number of pyridine rings is 4. The second-order valence-corrected chi connectivity index (χ2v) is 39.4. The summed E-state index contributed by atoms with van der Waals surface area (Å²) >= 11 is 2.77. The van der Waals surface area contributed by atoms with Gasteiger partial charge in [0.1, 0.15) is 63.0 Å². The summed E-state index contributed by atoms with van der Waals surface area (Å²) in [5, 5.41) is 84.5. The third kappa shape index (κ3) is 17.6. The lowest BCUT2D eigenvalue weighted by Crippen LogP contribution is -2.45. The maximum atomic E-state index is 16.0. The zero-order chi connectivity index (χ0) is 97.0. The highest BCUT2D eigenvalue weighted by atomic mass is 32.1. The molecule has 140 heavy (non-hydrogen) atoms. The fourth-order valence-electron chi connectivity index (χ4n) is 23.7. The van der Waals surface area contributed by atoms with E-state index in [4.69, 9.17) is 0 Å². The van der Waals surface area contributed by atoms with E-state index < -0.39 is 100 Å². The Hall–Kier alpha value is -14.2. The molecule has 12 aliphatic carbocycles. The van der Waals surface area contributed by atoms with Gasteiger partial charge in [0.05, 0.1) is 109 Å². The van der Waals surface area contributed by atoms with E-state index in [1.165, 1.54) is 64.1 Å². The van der Waals surface area contributed by atoms with Crippen molar-refractivity contribution in [3.05, 3.63) is 177 Å². The third-order valence-electron chi connectivity index (χ3n) is 30.2. The van der Waals surface area contributed by atoms with Crippen LogP contribution in [0.1, 0.15) is 131 Å². The minimum absolute atomic E-state index is 0.0142. The molecule has 12 fully saturated rings. The Labute approximate surface area is 794 Å². The van der Waals surface area contributed by atoms with Gasteiger partial charge in [0.15, 0.2) is 69.2 Å². The Bertz CT molecular complexity index is 6910. The molecule has 16 aromatic heterocycles. The number of H-pyrrole nitrogens is 5. The highest BCUT2D eigenvalue weighted by Crippen LogP contribution is 2.56. The van der Waals surface area contributed by atoms with Gasteiger partial charge in [-0.2, -0.15) is 55.1 Å². The lowest BCUT2D eigenvalue weighted by Gasteiger charge is -2.46. The number of alkyl halides is 3. The number of hydrogen-bond donors (Lipinski definition) is 9. The number of carbonyl (C=O) groups is 4. The maximum absolute atomic E-state index is 16.0. The Morgan fingerprint density at radius 1 is 0.400 bits per heavy atom. The topological polar surface area (TPSA) is 465 Å². The SMILES string of the molecule is Cn1cc(-c2nc(-c3[nH]nc4ncc(C(F)(F)F)cc34)nc(CC3C4CCC(CC4)C3C(=O)O)c2F)cn1.O=C(O)C1C2CCC(CC2)C1Cc1nc(-c2[nH]nc3ncc(F)cc23)nc(-c2cccs2)c1F.O=C(O)C1C2CCC(CC2)C1Cc1nc(-c2[nH]nc3ncc(F)cc23)nc(-c2ccsc2)c1F.O=C(O)C1C2CCC(CC2)C1Cc1nc(-c2[nH]nc3ncc(F)cc23)nc(-c2cn[nH]c2)c1F. The van der Waals surface area contributed by atoms with E-state index in [2.05, 4.69) is 116 Å². The van der Waals surface area contributed by atoms with E-state index in [9.17, 15) is 65.9 Å². The van der Waals surface area contributed by atoms with Crippen molar-refractivity contribution in [1.82, 2.24) is 121 Å². The number of aryl methyl sites for hydroxylation is 1. The predicted octanol–water partition coefficient (Wildman–Crippen LogP) is 18.6. The van der Waals surface area contributed by atoms with Gasteiger partial charge in [-0.3, -0.25) is 49.4 Å². The second kappa shape index (κ2) is 37.5. The first-order chi connectivity index (χ1) is 67.6. The van der Waals surface area contributed by atoms with Gasteiger partial charge in [-0.15, -0.1) is 11.3 Å². The van der Waals surface area contributed by atoms with Crippen LogP contribution in [0.25, 0.3) is 135 Å². The Balaban J connectivity index is 0.000000111. The normalized spacial score (nSPS) is 23.9. The van der Waals surface area contributed by atoms with Crippen LogP contribution < -0.4 is 0 Å². The molecule has 8 unspecified atom stereocenters. The van der Waals surface area contributed by atoms with E-state index in [1.807, 2.05) is 16.8 Å². The molecule has 0 saturated heterocycles. The van der Waals surface area contributed by atoms with Crippen molar-refractivity contribution in [1.29, 1.82) is 0 Å². The molecule has 0 spiro atoms. The number of carboxylic acid groups (broad SMARTS) is 4. The molecule has 8 atom stereocenters. The summed E-state index contributed by atoms with van der Waals surface area (Å²) < 4.78 is 147. The van der Waals surface area contributed by atoms with Crippen LogP contribution in [0.15, 0.2) is 108 Å². The number of aromatic nitrogens is 24. The van der Waals surface area contributed by atoms with Gasteiger partial charge >= 0.3 is 30.1 Å². The monoisotopic (exact) mass is 1960 g/mol. The first-order valence-corrected chi connectivity index (χ1v) is 48.0. The highest BCUT2D eigenvalue weighted by molar-refractivity contribution is 7.13.